The predicted octanol–water partition coefficient (Wildman–Crippen LogP) is 2.57. The van der Waals surface area contributed by atoms with Gasteiger partial charge in [0.15, 0.2) is 0 Å². The highest BCUT2D eigenvalue weighted by molar-refractivity contribution is 5.88. The second kappa shape index (κ2) is 7.72. The van der Waals surface area contributed by atoms with Gasteiger partial charge in [0.2, 0.25) is 5.91 Å². The minimum Gasteiger partial charge on any atom is -0.496 e. The summed E-state index contributed by atoms with van der Waals surface area (Å²) in [5, 5.41) is 2.96. The van der Waals surface area contributed by atoms with Gasteiger partial charge in [-0.3, -0.25) is 4.79 Å². The van der Waals surface area contributed by atoms with E-state index < -0.39 is 5.54 Å². The molecule has 24 heavy (non-hydrogen) atoms. The zero-order valence-electron chi connectivity index (χ0n) is 15.1. The second-order valence-electron chi connectivity index (χ2n) is 6.83. The number of nitrogens with one attached hydrogen (secondary N) is 1. The number of benzene rings is 1. The largest absolute Gasteiger partial charge is 0.496 e. The molecule has 0 spiro atoms. The van der Waals surface area contributed by atoms with E-state index in [1.165, 1.54) is 0 Å². The van der Waals surface area contributed by atoms with Gasteiger partial charge < -0.3 is 20.5 Å². The Morgan fingerprint density at radius 3 is 2.62 bits per heavy atom. The van der Waals surface area contributed by atoms with Crippen LogP contribution in [-0.4, -0.2) is 31.3 Å². The van der Waals surface area contributed by atoms with Gasteiger partial charge in [0, 0.05) is 25.0 Å². The van der Waals surface area contributed by atoms with Crippen LogP contribution in [0.4, 0.5) is 0 Å². The molecule has 3 N–H and O–H groups in total. The van der Waals surface area contributed by atoms with Crippen molar-refractivity contribution in [2.45, 2.75) is 52.3 Å². The molecule has 6 heteroatoms. The molecule has 0 aromatic heterocycles. The summed E-state index contributed by atoms with van der Waals surface area (Å²) in [6, 6.07) is 5.90. The van der Waals surface area contributed by atoms with Crippen molar-refractivity contribution in [2.24, 2.45) is 11.1 Å². The van der Waals surface area contributed by atoms with Gasteiger partial charge in [-0.15, -0.1) is 12.4 Å². The average Bonchev–Trinajstić information content (AvgIpc) is 2.53. The van der Waals surface area contributed by atoms with Gasteiger partial charge in [0.05, 0.1) is 13.2 Å². The van der Waals surface area contributed by atoms with Gasteiger partial charge in [-0.25, -0.2) is 0 Å². The molecule has 1 saturated carbocycles. The van der Waals surface area contributed by atoms with Crippen LogP contribution in [0.2, 0.25) is 0 Å². The molecule has 1 aromatic carbocycles. The number of rotatable bonds is 6. The first-order valence-corrected chi connectivity index (χ1v) is 8.08. The number of methoxy groups -OCH3 is 1. The molecular formula is C18H29ClN2O3. The fourth-order valence-corrected chi connectivity index (χ4v) is 3.14. The summed E-state index contributed by atoms with van der Waals surface area (Å²) in [6.07, 6.45) is 0.583. The summed E-state index contributed by atoms with van der Waals surface area (Å²) < 4.78 is 11.0. The number of aryl methyl sites for hydroxylation is 1. The molecular weight excluding hydrogens is 328 g/mol. The third kappa shape index (κ3) is 3.53. The lowest BCUT2D eigenvalue weighted by molar-refractivity contribution is -0.170. The van der Waals surface area contributed by atoms with Crippen LogP contribution in [0.25, 0.3) is 0 Å². The summed E-state index contributed by atoms with van der Waals surface area (Å²) in [5.41, 5.74) is 7.16. The molecule has 0 aliphatic heterocycles. The fourth-order valence-electron chi connectivity index (χ4n) is 3.14. The van der Waals surface area contributed by atoms with Crippen molar-refractivity contribution in [3.63, 3.8) is 0 Å². The molecule has 2 unspecified atom stereocenters. The maximum Gasteiger partial charge on any atom is 0.241 e. The van der Waals surface area contributed by atoms with E-state index in [0.717, 1.165) is 16.9 Å². The van der Waals surface area contributed by atoms with Crippen molar-refractivity contribution < 1.29 is 14.3 Å². The van der Waals surface area contributed by atoms with Crippen molar-refractivity contribution in [2.75, 3.05) is 13.7 Å². The van der Waals surface area contributed by atoms with Crippen molar-refractivity contribution in [1.82, 2.24) is 5.32 Å². The first-order valence-electron chi connectivity index (χ1n) is 8.08. The zero-order valence-corrected chi connectivity index (χ0v) is 16.0. The number of nitrogens with two attached hydrogens (primary N) is 1. The first kappa shape index (κ1) is 20.7. The molecule has 1 aliphatic carbocycles. The number of hydrogen-bond acceptors (Lipinski definition) is 4. The van der Waals surface area contributed by atoms with Crippen LogP contribution in [0, 0.1) is 12.3 Å². The first-order chi connectivity index (χ1) is 10.8. The number of carbonyl (C=O) groups excluding carboxylic acids is 1. The second-order valence-corrected chi connectivity index (χ2v) is 6.83. The maximum absolute atomic E-state index is 12.6. The highest BCUT2D eigenvalue weighted by Gasteiger charge is 2.62. The lowest BCUT2D eigenvalue weighted by atomic mass is 9.54. The van der Waals surface area contributed by atoms with Crippen molar-refractivity contribution in [3.05, 3.63) is 29.3 Å². The molecule has 2 atom stereocenters. The quantitative estimate of drug-likeness (QED) is 0.821. The number of ether oxygens (including phenoxy) is 2. The van der Waals surface area contributed by atoms with E-state index in [-0.39, 0.29) is 29.8 Å². The Bertz CT molecular complexity index is 592. The number of halogens is 1. The smallest absolute Gasteiger partial charge is 0.241 e. The fraction of sp³-hybridized carbons (Fsp3) is 0.611. The van der Waals surface area contributed by atoms with E-state index >= 15 is 0 Å². The van der Waals surface area contributed by atoms with Crippen LogP contribution in [0.15, 0.2) is 18.2 Å². The van der Waals surface area contributed by atoms with Crippen LogP contribution < -0.4 is 15.8 Å². The van der Waals surface area contributed by atoms with E-state index in [1.54, 1.807) is 7.11 Å². The summed E-state index contributed by atoms with van der Waals surface area (Å²) >= 11 is 0. The van der Waals surface area contributed by atoms with Gasteiger partial charge in [0.25, 0.3) is 0 Å². The molecule has 1 fully saturated rings. The number of amides is 1. The molecule has 136 valence electrons. The monoisotopic (exact) mass is 356 g/mol. The van der Waals surface area contributed by atoms with Gasteiger partial charge in [-0.2, -0.15) is 0 Å². The molecule has 0 bridgehead atoms. The Kier molecular flexibility index (Phi) is 6.67. The third-order valence-electron chi connectivity index (χ3n) is 5.16. The van der Waals surface area contributed by atoms with E-state index in [9.17, 15) is 4.79 Å². The highest BCUT2D eigenvalue weighted by Crippen LogP contribution is 2.49. The zero-order chi connectivity index (χ0) is 17.3. The topological polar surface area (TPSA) is 73.6 Å². The summed E-state index contributed by atoms with van der Waals surface area (Å²) in [5.74, 6) is 0.692. The van der Waals surface area contributed by atoms with E-state index in [1.807, 2.05) is 45.9 Å². The SMILES string of the molecule is CCOC1CC(N)(C(=O)NCc2ccc(C)c(OC)c2)C1(C)C.Cl. The summed E-state index contributed by atoms with van der Waals surface area (Å²) in [7, 11) is 1.64. The molecule has 0 saturated heterocycles. The Balaban J connectivity index is 0.00000288. The van der Waals surface area contributed by atoms with Crippen LogP contribution in [0.5, 0.6) is 5.75 Å². The normalized spacial score (nSPS) is 24.5. The maximum atomic E-state index is 12.6. The lowest BCUT2D eigenvalue weighted by Gasteiger charge is -2.57. The molecule has 0 radical (unpaired) electrons. The summed E-state index contributed by atoms with van der Waals surface area (Å²) in [4.78, 5) is 12.6. The Morgan fingerprint density at radius 1 is 1.42 bits per heavy atom. The van der Waals surface area contributed by atoms with E-state index in [2.05, 4.69) is 5.32 Å². The third-order valence-corrected chi connectivity index (χ3v) is 5.16. The summed E-state index contributed by atoms with van der Waals surface area (Å²) in [6.45, 7) is 8.99. The Hall–Kier alpha value is -1.30. The van der Waals surface area contributed by atoms with Gasteiger partial charge >= 0.3 is 0 Å². The van der Waals surface area contributed by atoms with E-state index in [4.69, 9.17) is 15.2 Å². The molecule has 5 nitrogen and oxygen atoms in total. The van der Waals surface area contributed by atoms with Crippen molar-refractivity contribution in [3.8, 4) is 5.75 Å². The molecule has 1 aliphatic rings. The van der Waals surface area contributed by atoms with Crippen molar-refractivity contribution in [1.29, 1.82) is 0 Å². The van der Waals surface area contributed by atoms with Gasteiger partial charge in [-0.1, -0.05) is 26.0 Å². The standard InChI is InChI=1S/C18H28N2O3.ClH/c1-6-23-15-10-18(19,17(15,3)4)16(21)20-11-13-8-7-12(2)14(9-13)22-5;/h7-9,15H,6,10-11,19H2,1-5H3,(H,20,21);1H. The Labute approximate surface area is 150 Å². The minimum atomic E-state index is -0.887. The Morgan fingerprint density at radius 2 is 2.08 bits per heavy atom. The van der Waals surface area contributed by atoms with E-state index in [0.29, 0.717) is 19.6 Å². The minimum absolute atomic E-state index is 0. The highest BCUT2D eigenvalue weighted by atomic mass is 35.5. The molecule has 1 aromatic rings. The number of carbonyl (C=O) groups is 1. The van der Waals surface area contributed by atoms with Crippen LogP contribution >= 0.6 is 12.4 Å². The number of hydrogen-bond donors (Lipinski definition) is 2. The predicted molar refractivity (Wildman–Crippen MR) is 97.6 cm³/mol. The lowest BCUT2D eigenvalue weighted by Crippen LogP contribution is -2.75. The van der Waals surface area contributed by atoms with Crippen LogP contribution in [0.3, 0.4) is 0 Å². The molecule has 0 heterocycles. The van der Waals surface area contributed by atoms with Crippen molar-refractivity contribution >= 4 is 18.3 Å². The van der Waals surface area contributed by atoms with Gasteiger partial charge in [0.1, 0.15) is 11.3 Å². The van der Waals surface area contributed by atoms with Gasteiger partial charge in [-0.05, 0) is 31.0 Å². The molecule has 2 rings (SSSR count). The molecule has 1 amide bonds. The van der Waals surface area contributed by atoms with Crippen LogP contribution in [-0.2, 0) is 16.1 Å². The van der Waals surface area contributed by atoms with Crippen LogP contribution in [0.1, 0.15) is 38.3 Å². The average molecular weight is 357 g/mol.